The molecule has 1 rings (SSSR count). The number of rotatable bonds is 16. The lowest BCUT2D eigenvalue weighted by atomic mass is 9.90. The highest BCUT2D eigenvalue weighted by molar-refractivity contribution is 7.61. The van der Waals surface area contributed by atoms with E-state index in [0.717, 1.165) is 0 Å². The lowest BCUT2D eigenvalue weighted by molar-refractivity contribution is 0.223. The molecule has 0 saturated heterocycles. The summed E-state index contributed by atoms with van der Waals surface area (Å²) in [6, 6.07) is 0. The molecule has 0 bridgehead atoms. The van der Waals surface area contributed by atoms with E-state index in [2.05, 4.69) is 8.62 Å². The number of hydrogen-bond acceptors (Lipinski definition) is 8. The summed E-state index contributed by atoms with van der Waals surface area (Å²) in [6.45, 7) is 0. The average Bonchev–Trinajstić information content (AvgIpc) is 2.66. The van der Waals surface area contributed by atoms with Crippen molar-refractivity contribution in [1.82, 2.24) is 0 Å². The number of halogens is 4. The minimum atomic E-state index is -5.51. The van der Waals surface area contributed by atoms with E-state index in [-0.39, 0.29) is 71.5 Å². The number of benzene rings is 1. The molecule has 0 fully saturated rings. The van der Waals surface area contributed by atoms with Gasteiger partial charge in [-0.15, -0.1) is 46.4 Å². The number of hydrogen-bond donors (Lipinski definition) is 6. The van der Waals surface area contributed by atoms with Crippen LogP contribution < -0.4 is 9.05 Å². The molecule has 0 radical (unpaired) electrons. The normalized spacial score (nSPS) is 15.8. The summed E-state index contributed by atoms with van der Waals surface area (Å²) in [5.74, 6) is -1.61. The zero-order valence-electron chi connectivity index (χ0n) is 17.9. The number of alkyl halides is 4. The van der Waals surface area contributed by atoms with Gasteiger partial charge in [0.2, 0.25) is 0 Å². The van der Waals surface area contributed by atoms with Crippen molar-refractivity contribution < 1.29 is 65.3 Å². The van der Waals surface area contributed by atoms with Crippen molar-refractivity contribution in [2.45, 2.75) is 25.7 Å². The van der Waals surface area contributed by atoms with Crippen molar-refractivity contribution in [3.05, 3.63) is 22.3 Å². The molecule has 0 aliphatic carbocycles. The molecule has 1 aromatic rings. The summed E-state index contributed by atoms with van der Waals surface area (Å²) in [5, 5.41) is 0. The quantitative estimate of drug-likeness (QED) is 0.107. The fourth-order valence-electron chi connectivity index (χ4n) is 3.10. The molecule has 0 aliphatic rings. The highest BCUT2D eigenvalue weighted by Gasteiger charge is 2.39. The first-order valence-corrected chi connectivity index (χ1v) is 17.6. The standard InChI is InChI=1S/C14H22Cl4O14P4/c15-5-1-9-10(2-6-16)14(30-36(27,28)32-34(22,23)24)12(4-8-18)11(3-7-17)13(9)29-35(25,26)31-33(19,20)21/h1-8H2,(H,25,26)(H,27,28)(H2,19,20,21)(H2,22,23,24). The van der Waals surface area contributed by atoms with Crippen LogP contribution in [-0.4, -0.2) is 52.9 Å². The fraction of sp³-hybridized carbons (Fsp3) is 0.571. The smallest absolute Gasteiger partial charge is 0.403 e. The predicted molar refractivity (Wildman–Crippen MR) is 131 cm³/mol. The Morgan fingerprint density at radius 1 is 0.500 bits per heavy atom. The zero-order chi connectivity index (χ0) is 27.9. The maximum atomic E-state index is 12.4. The van der Waals surface area contributed by atoms with Crippen LogP contribution in [0.4, 0.5) is 0 Å². The van der Waals surface area contributed by atoms with Gasteiger partial charge in [0.1, 0.15) is 11.5 Å². The van der Waals surface area contributed by atoms with Gasteiger partial charge < -0.3 is 28.6 Å². The molecule has 0 heterocycles. The van der Waals surface area contributed by atoms with E-state index in [9.17, 15) is 28.0 Å². The van der Waals surface area contributed by atoms with Gasteiger partial charge in [0, 0.05) is 45.8 Å². The van der Waals surface area contributed by atoms with E-state index in [1.54, 1.807) is 0 Å². The summed E-state index contributed by atoms with van der Waals surface area (Å²) in [7, 11) is -22.0. The average molecular weight is 680 g/mol. The van der Waals surface area contributed by atoms with Crippen LogP contribution in [-0.2, 0) is 52.6 Å². The molecule has 36 heavy (non-hydrogen) atoms. The van der Waals surface area contributed by atoms with Gasteiger partial charge in [-0.1, -0.05) is 0 Å². The van der Waals surface area contributed by atoms with E-state index < -0.39 is 42.8 Å². The topological polar surface area (TPSA) is 227 Å². The van der Waals surface area contributed by atoms with Gasteiger partial charge >= 0.3 is 31.3 Å². The van der Waals surface area contributed by atoms with Gasteiger partial charge in [-0.05, 0) is 25.7 Å². The fourth-order valence-corrected chi connectivity index (χ4v) is 7.18. The Bertz CT molecular complexity index is 984. The third kappa shape index (κ3) is 11.4. The molecule has 0 spiro atoms. The SMILES string of the molecule is O=P(O)(O)OP(=O)(O)Oc1c(CCCl)c(CCCl)c(OP(=O)(O)OP(=O)(O)O)c(CCCl)c1CCCl. The Balaban J connectivity index is 4.05. The highest BCUT2D eigenvalue weighted by Crippen LogP contribution is 2.61. The van der Waals surface area contributed by atoms with Gasteiger partial charge in [0.15, 0.2) is 0 Å². The van der Waals surface area contributed by atoms with Crippen LogP contribution in [0.1, 0.15) is 22.3 Å². The van der Waals surface area contributed by atoms with Gasteiger partial charge in [0.25, 0.3) is 0 Å². The Morgan fingerprint density at radius 2 is 0.722 bits per heavy atom. The van der Waals surface area contributed by atoms with E-state index >= 15 is 0 Å². The molecule has 2 unspecified atom stereocenters. The van der Waals surface area contributed by atoms with E-state index in [4.69, 9.17) is 75.0 Å². The first kappa shape index (κ1) is 34.6. The van der Waals surface area contributed by atoms with Crippen LogP contribution >= 0.6 is 77.7 Å². The molecular weight excluding hydrogens is 658 g/mol. The maximum absolute atomic E-state index is 12.4. The Morgan fingerprint density at radius 3 is 0.889 bits per heavy atom. The first-order valence-electron chi connectivity index (χ1n) is 9.42. The Hall–Kier alpha value is 0.580. The Labute approximate surface area is 225 Å². The van der Waals surface area contributed by atoms with Gasteiger partial charge in [-0.2, -0.15) is 8.62 Å². The molecule has 6 N–H and O–H groups in total. The van der Waals surface area contributed by atoms with E-state index in [0.29, 0.717) is 0 Å². The van der Waals surface area contributed by atoms with Gasteiger partial charge in [0.05, 0.1) is 0 Å². The van der Waals surface area contributed by atoms with Gasteiger partial charge in [-0.25, -0.2) is 18.3 Å². The predicted octanol–water partition coefficient (Wildman–Crippen LogP) is 3.99. The summed E-state index contributed by atoms with van der Waals surface area (Å²) in [5.41, 5.74) is -0.226. The van der Waals surface area contributed by atoms with Crippen LogP contribution in [0.5, 0.6) is 11.5 Å². The second-order valence-corrected chi connectivity index (χ2v) is 13.6. The van der Waals surface area contributed by atoms with Crippen LogP contribution in [0.15, 0.2) is 0 Å². The lowest BCUT2D eigenvalue weighted by Crippen LogP contribution is -2.13. The molecule has 0 aliphatic heterocycles. The lowest BCUT2D eigenvalue weighted by Gasteiger charge is -2.27. The van der Waals surface area contributed by atoms with Crippen molar-refractivity contribution in [1.29, 1.82) is 0 Å². The molecule has 22 heteroatoms. The molecular formula is C14H22Cl4O14P4. The summed E-state index contributed by atoms with van der Waals surface area (Å²) < 4.78 is 64.9. The largest absolute Gasteiger partial charge is 0.536 e. The first-order chi connectivity index (χ1) is 16.4. The van der Waals surface area contributed by atoms with Crippen LogP contribution in [0.2, 0.25) is 0 Å². The van der Waals surface area contributed by atoms with Crippen molar-refractivity contribution in [2.24, 2.45) is 0 Å². The number of phosphoric ester groups is 2. The zero-order valence-corrected chi connectivity index (χ0v) is 24.5. The second-order valence-electron chi connectivity index (χ2n) is 6.59. The molecule has 0 saturated carbocycles. The molecule has 0 amide bonds. The van der Waals surface area contributed by atoms with Crippen molar-refractivity contribution in [3.8, 4) is 11.5 Å². The third-order valence-electron chi connectivity index (χ3n) is 4.04. The second kappa shape index (κ2) is 14.3. The highest BCUT2D eigenvalue weighted by atomic mass is 35.5. The van der Waals surface area contributed by atoms with Crippen molar-refractivity contribution in [2.75, 3.05) is 23.5 Å². The van der Waals surface area contributed by atoms with Crippen molar-refractivity contribution >= 4 is 77.7 Å². The summed E-state index contributed by atoms with van der Waals surface area (Å²) >= 11 is 23.5. The summed E-state index contributed by atoms with van der Waals surface area (Å²) in [6.07, 6.45) is -0.719. The minimum absolute atomic E-state index is 0.0566. The molecule has 1 aromatic carbocycles. The molecule has 2 atom stereocenters. The van der Waals surface area contributed by atoms with Gasteiger partial charge in [-0.3, -0.25) is 9.79 Å². The summed E-state index contributed by atoms with van der Waals surface area (Å²) in [4.78, 5) is 55.8. The van der Waals surface area contributed by atoms with E-state index in [1.165, 1.54) is 0 Å². The Kier molecular flexibility index (Phi) is 13.7. The maximum Gasteiger partial charge on any atom is 0.536 e. The van der Waals surface area contributed by atoms with Crippen LogP contribution in [0, 0.1) is 0 Å². The minimum Gasteiger partial charge on any atom is -0.403 e. The molecule has 14 nitrogen and oxygen atoms in total. The van der Waals surface area contributed by atoms with Crippen molar-refractivity contribution in [3.63, 3.8) is 0 Å². The number of phosphoric acid groups is 4. The monoisotopic (exact) mass is 678 g/mol. The van der Waals surface area contributed by atoms with Crippen LogP contribution in [0.25, 0.3) is 0 Å². The van der Waals surface area contributed by atoms with Crippen LogP contribution in [0.3, 0.4) is 0 Å². The third-order valence-corrected chi connectivity index (χ3v) is 8.97. The molecule has 0 aromatic heterocycles. The molecule has 210 valence electrons. The van der Waals surface area contributed by atoms with E-state index in [1.807, 2.05) is 0 Å².